The summed E-state index contributed by atoms with van der Waals surface area (Å²) in [6.07, 6.45) is 0. The summed E-state index contributed by atoms with van der Waals surface area (Å²) < 4.78 is 33.1. The minimum atomic E-state index is 0.509. The van der Waals surface area contributed by atoms with Crippen molar-refractivity contribution in [1.29, 1.82) is 0 Å². The number of aromatic nitrogens is 1. The van der Waals surface area contributed by atoms with Gasteiger partial charge in [0, 0.05) is 12.1 Å². The van der Waals surface area contributed by atoms with Gasteiger partial charge in [-0.1, -0.05) is 0 Å². The zero-order valence-electron chi connectivity index (χ0n) is 15.1. The summed E-state index contributed by atoms with van der Waals surface area (Å²) in [7, 11) is 9.48. The maximum atomic E-state index is 5.64. The normalized spacial score (nSPS) is 10.8. The smallest absolute Gasteiger partial charge is 0.204 e. The molecule has 3 aromatic rings. The Bertz CT molecular complexity index is 857. The third-order valence-corrected chi connectivity index (χ3v) is 4.18. The van der Waals surface area contributed by atoms with E-state index in [4.69, 9.17) is 28.4 Å². The molecule has 0 aliphatic heterocycles. The van der Waals surface area contributed by atoms with Crippen molar-refractivity contribution in [2.24, 2.45) is 0 Å². The fourth-order valence-electron chi connectivity index (χ4n) is 3.15. The lowest BCUT2D eigenvalue weighted by Gasteiger charge is -2.15. The van der Waals surface area contributed by atoms with Gasteiger partial charge in [0.05, 0.1) is 64.5 Å². The van der Waals surface area contributed by atoms with Gasteiger partial charge in [-0.3, -0.25) is 0 Å². The van der Waals surface area contributed by atoms with Gasteiger partial charge in [0.2, 0.25) is 11.5 Å². The molecule has 2 aromatic carbocycles. The van der Waals surface area contributed by atoms with Crippen LogP contribution in [0.3, 0.4) is 0 Å². The quantitative estimate of drug-likeness (QED) is 0.737. The summed E-state index contributed by atoms with van der Waals surface area (Å²) in [6, 6.07) is 3.71. The van der Waals surface area contributed by atoms with E-state index in [0.717, 1.165) is 21.8 Å². The average molecular weight is 347 g/mol. The molecule has 0 aliphatic carbocycles. The van der Waals surface area contributed by atoms with Gasteiger partial charge >= 0.3 is 0 Å². The highest BCUT2D eigenvalue weighted by atomic mass is 16.5. The Hall–Kier alpha value is -2.96. The van der Waals surface area contributed by atoms with Gasteiger partial charge in [-0.2, -0.15) is 0 Å². The molecule has 0 bridgehead atoms. The molecule has 3 rings (SSSR count). The number of rotatable bonds is 6. The maximum absolute atomic E-state index is 5.64. The minimum Gasteiger partial charge on any atom is -0.493 e. The Morgan fingerprint density at radius 3 is 1.16 bits per heavy atom. The molecule has 0 aliphatic rings. The first kappa shape index (κ1) is 16.9. The number of methoxy groups -OCH3 is 6. The van der Waals surface area contributed by atoms with Gasteiger partial charge in [-0.05, 0) is 0 Å². The molecule has 0 amide bonds. The monoisotopic (exact) mass is 347 g/mol. The summed E-state index contributed by atoms with van der Waals surface area (Å²) >= 11 is 0. The van der Waals surface area contributed by atoms with Crippen molar-refractivity contribution in [3.05, 3.63) is 12.1 Å². The molecule has 1 N–H and O–H groups in total. The zero-order valence-corrected chi connectivity index (χ0v) is 15.1. The van der Waals surface area contributed by atoms with Crippen molar-refractivity contribution >= 4 is 21.8 Å². The van der Waals surface area contributed by atoms with Crippen LogP contribution in [0, 0.1) is 0 Å². The van der Waals surface area contributed by atoms with Crippen LogP contribution in [0.4, 0.5) is 0 Å². The number of benzene rings is 2. The summed E-state index contributed by atoms with van der Waals surface area (Å²) in [4.78, 5) is 3.35. The van der Waals surface area contributed by atoms with E-state index >= 15 is 0 Å². The summed E-state index contributed by atoms with van der Waals surface area (Å²) in [5.41, 5.74) is 1.64. The molecule has 0 radical (unpaired) electrons. The molecule has 0 fully saturated rings. The number of aromatic amines is 1. The summed E-state index contributed by atoms with van der Waals surface area (Å²) in [5.74, 6) is 3.25. The molecule has 7 heteroatoms. The maximum Gasteiger partial charge on any atom is 0.204 e. The predicted molar refractivity (Wildman–Crippen MR) is 95.1 cm³/mol. The average Bonchev–Trinajstić information content (AvgIpc) is 3.01. The van der Waals surface area contributed by atoms with E-state index in [0.29, 0.717) is 34.5 Å². The van der Waals surface area contributed by atoms with E-state index in [-0.39, 0.29) is 0 Å². The number of H-pyrrole nitrogens is 1. The van der Waals surface area contributed by atoms with Crippen molar-refractivity contribution in [2.75, 3.05) is 42.7 Å². The van der Waals surface area contributed by atoms with Gasteiger partial charge in [0.1, 0.15) is 0 Å². The molecule has 0 unspecified atom stereocenters. The summed E-state index contributed by atoms with van der Waals surface area (Å²) in [5, 5.41) is 1.63. The van der Waals surface area contributed by atoms with Crippen molar-refractivity contribution in [3.8, 4) is 34.5 Å². The highest BCUT2D eigenvalue weighted by molar-refractivity contribution is 6.16. The molecule has 1 aromatic heterocycles. The van der Waals surface area contributed by atoms with Gasteiger partial charge in [0.25, 0.3) is 0 Å². The predicted octanol–water partition coefficient (Wildman–Crippen LogP) is 3.37. The SMILES string of the molecule is COc1cc2[nH]c3cc(OC)c(OC)c(OC)c3c2c(OC)c1OC. The van der Waals surface area contributed by atoms with Gasteiger partial charge in [-0.15, -0.1) is 0 Å². The van der Waals surface area contributed by atoms with Crippen LogP contribution in [0.1, 0.15) is 0 Å². The van der Waals surface area contributed by atoms with Crippen LogP contribution < -0.4 is 28.4 Å². The molecule has 0 saturated heterocycles. The van der Waals surface area contributed by atoms with E-state index in [1.54, 1.807) is 42.7 Å². The first-order valence-electron chi connectivity index (χ1n) is 7.58. The fraction of sp³-hybridized carbons (Fsp3) is 0.333. The number of hydrogen-bond acceptors (Lipinski definition) is 6. The minimum absolute atomic E-state index is 0.509. The molecular weight excluding hydrogens is 326 g/mol. The largest absolute Gasteiger partial charge is 0.493 e. The van der Waals surface area contributed by atoms with E-state index in [1.165, 1.54) is 0 Å². The molecule has 1 heterocycles. The summed E-state index contributed by atoms with van der Waals surface area (Å²) in [6.45, 7) is 0. The number of hydrogen-bond donors (Lipinski definition) is 1. The Kier molecular flexibility index (Phi) is 4.39. The topological polar surface area (TPSA) is 71.2 Å². The zero-order chi connectivity index (χ0) is 18.1. The number of nitrogens with one attached hydrogen (secondary N) is 1. The van der Waals surface area contributed by atoms with Crippen LogP contribution in [0.2, 0.25) is 0 Å². The highest BCUT2D eigenvalue weighted by Gasteiger charge is 2.25. The Morgan fingerprint density at radius 2 is 0.880 bits per heavy atom. The molecule has 7 nitrogen and oxygen atoms in total. The number of fused-ring (bicyclic) bond motifs is 3. The Balaban J connectivity index is 2.56. The van der Waals surface area contributed by atoms with Crippen LogP contribution in [-0.4, -0.2) is 47.6 Å². The lowest BCUT2D eigenvalue weighted by Crippen LogP contribution is -1.97. The highest BCUT2D eigenvalue weighted by Crippen LogP contribution is 2.51. The fourth-order valence-corrected chi connectivity index (χ4v) is 3.15. The third kappa shape index (κ3) is 2.34. The van der Waals surface area contributed by atoms with Crippen LogP contribution in [0.25, 0.3) is 21.8 Å². The second-order valence-corrected chi connectivity index (χ2v) is 5.26. The van der Waals surface area contributed by atoms with Crippen LogP contribution in [0.5, 0.6) is 34.5 Å². The van der Waals surface area contributed by atoms with E-state index in [2.05, 4.69) is 4.98 Å². The van der Waals surface area contributed by atoms with Crippen LogP contribution >= 0.6 is 0 Å². The molecule has 0 spiro atoms. The van der Waals surface area contributed by atoms with Crippen molar-refractivity contribution in [3.63, 3.8) is 0 Å². The lowest BCUT2D eigenvalue weighted by molar-refractivity contribution is 0.326. The first-order valence-corrected chi connectivity index (χ1v) is 7.58. The van der Waals surface area contributed by atoms with Crippen molar-refractivity contribution < 1.29 is 28.4 Å². The van der Waals surface area contributed by atoms with E-state index in [1.807, 2.05) is 12.1 Å². The van der Waals surface area contributed by atoms with Gasteiger partial charge in [0.15, 0.2) is 23.0 Å². The van der Waals surface area contributed by atoms with E-state index < -0.39 is 0 Å². The van der Waals surface area contributed by atoms with Crippen LogP contribution in [-0.2, 0) is 0 Å². The second-order valence-electron chi connectivity index (χ2n) is 5.26. The molecule has 0 saturated carbocycles. The second kappa shape index (κ2) is 6.51. The van der Waals surface area contributed by atoms with E-state index in [9.17, 15) is 0 Å². The van der Waals surface area contributed by atoms with Crippen molar-refractivity contribution in [2.45, 2.75) is 0 Å². The van der Waals surface area contributed by atoms with Gasteiger partial charge in [-0.25, -0.2) is 0 Å². The molecule has 0 atom stereocenters. The Morgan fingerprint density at radius 1 is 0.520 bits per heavy atom. The Labute approximate surface area is 145 Å². The molecule has 134 valence electrons. The first-order chi connectivity index (χ1) is 12.1. The molecule has 25 heavy (non-hydrogen) atoms. The third-order valence-electron chi connectivity index (χ3n) is 4.18. The number of ether oxygens (including phenoxy) is 6. The molecular formula is C18H21NO6. The lowest BCUT2D eigenvalue weighted by atomic mass is 10.1. The van der Waals surface area contributed by atoms with Gasteiger partial charge < -0.3 is 33.4 Å². The van der Waals surface area contributed by atoms with Crippen LogP contribution in [0.15, 0.2) is 12.1 Å². The van der Waals surface area contributed by atoms with Crippen molar-refractivity contribution in [1.82, 2.24) is 4.98 Å². The standard InChI is InChI=1S/C18H21NO6/c1-20-11-7-9-13(17(24-5)15(11)22-3)14-10(19-9)8-12(21-2)16(23-4)18(14)25-6/h7-8,19H,1-6H3.